The molecule has 1 rings (SSSR count). The van der Waals surface area contributed by atoms with Gasteiger partial charge in [-0.05, 0) is 17.9 Å². The summed E-state index contributed by atoms with van der Waals surface area (Å²) in [5.74, 6) is 3.54. The van der Waals surface area contributed by atoms with Gasteiger partial charge in [-0.3, -0.25) is 9.97 Å². The van der Waals surface area contributed by atoms with E-state index in [4.69, 9.17) is 4.98 Å². The van der Waals surface area contributed by atoms with Gasteiger partial charge in [0, 0.05) is 17.7 Å². The van der Waals surface area contributed by atoms with Gasteiger partial charge in [-0.25, -0.2) is 0 Å². The Morgan fingerprint density at radius 1 is 1.25 bits per heavy atom. The van der Waals surface area contributed by atoms with Crippen molar-refractivity contribution >= 4 is 23.5 Å². The normalized spacial score (nSPS) is 11.1. The number of rotatable bonds is 6. The average molecular weight is 256 g/mol. The maximum atomic E-state index is 4.73. The zero-order valence-corrected chi connectivity index (χ0v) is 12.1. The minimum absolute atomic E-state index is 0.459. The number of hydrogen-bond acceptors (Lipinski definition) is 4. The Bertz CT molecular complexity index is 327. The lowest BCUT2D eigenvalue weighted by molar-refractivity contribution is 0.793. The molecule has 0 fully saturated rings. The van der Waals surface area contributed by atoms with Crippen molar-refractivity contribution in [1.29, 1.82) is 0 Å². The molecule has 0 amide bonds. The molecular formula is C12H20N2S2. The van der Waals surface area contributed by atoms with E-state index in [-0.39, 0.29) is 0 Å². The molecule has 0 aliphatic heterocycles. The third-order valence-corrected chi connectivity index (χ3v) is 3.71. The molecule has 0 spiro atoms. The summed E-state index contributed by atoms with van der Waals surface area (Å²) in [5.41, 5.74) is 3.43. The first-order valence-electron chi connectivity index (χ1n) is 5.60. The summed E-state index contributed by atoms with van der Waals surface area (Å²) in [6.45, 7) is 6.50. The summed E-state index contributed by atoms with van der Waals surface area (Å²) in [6, 6.07) is 0. The van der Waals surface area contributed by atoms with E-state index in [1.807, 2.05) is 18.0 Å². The molecule has 2 nitrogen and oxygen atoms in total. The van der Waals surface area contributed by atoms with Gasteiger partial charge in [-0.2, -0.15) is 23.5 Å². The van der Waals surface area contributed by atoms with Gasteiger partial charge in [0.1, 0.15) is 0 Å². The highest BCUT2D eigenvalue weighted by molar-refractivity contribution is 7.98. The van der Waals surface area contributed by atoms with Crippen LogP contribution >= 0.6 is 23.5 Å². The van der Waals surface area contributed by atoms with Crippen LogP contribution in [0.15, 0.2) is 6.20 Å². The van der Waals surface area contributed by atoms with Crippen LogP contribution in [0.5, 0.6) is 0 Å². The molecule has 1 aromatic heterocycles. The molecule has 4 heteroatoms. The van der Waals surface area contributed by atoms with Crippen molar-refractivity contribution in [3.05, 3.63) is 23.3 Å². The summed E-state index contributed by atoms with van der Waals surface area (Å²) in [6.07, 6.45) is 4.03. The van der Waals surface area contributed by atoms with Crippen molar-refractivity contribution < 1.29 is 0 Å². The molecular weight excluding hydrogens is 236 g/mol. The summed E-state index contributed by atoms with van der Waals surface area (Å²) < 4.78 is 0. The minimum atomic E-state index is 0.459. The van der Waals surface area contributed by atoms with Crippen molar-refractivity contribution in [2.24, 2.45) is 0 Å². The Balaban J connectivity index is 2.91. The molecule has 16 heavy (non-hydrogen) atoms. The van der Waals surface area contributed by atoms with E-state index in [0.717, 1.165) is 28.6 Å². The lowest BCUT2D eigenvalue weighted by Gasteiger charge is -2.10. The van der Waals surface area contributed by atoms with Crippen LogP contribution < -0.4 is 0 Å². The van der Waals surface area contributed by atoms with Crippen LogP contribution in [0.2, 0.25) is 0 Å². The smallest absolute Gasteiger partial charge is 0.0729 e. The minimum Gasteiger partial charge on any atom is -0.257 e. The molecule has 90 valence electrons. The Labute approximate surface area is 107 Å². The molecule has 0 aliphatic rings. The Kier molecular flexibility index (Phi) is 6.21. The molecule has 1 heterocycles. The molecule has 0 aliphatic carbocycles. The van der Waals surface area contributed by atoms with Crippen LogP contribution in [0.3, 0.4) is 0 Å². The van der Waals surface area contributed by atoms with E-state index in [2.05, 4.69) is 32.0 Å². The Morgan fingerprint density at radius 3 is 2.56 bits per heavy atom. The van der Waals surface area contributed by atoms with Crippen LogP contribution in [0.25, 0.3) is 0 Å². The van der Waals surface area contributed by atoms with Gasteiger partial charge in [0.05, 0.1) is 17.1 Å². The zero-order chi connectivity index (χ0) is 12.0. The number of aromatic nitrogens is 2. The predicted molar refractivity (Wildman–Crippen MR) is 75.2 cm³/mol. The second-order valence-corrected chi connectivity index (χ2v) is 6.05. The first-order chi connectivity index (χ1) is 7.69. The Hall–Kier alpha value is -0.220. The quantitative estimate of drug-likeness (QED) is 0.775. The number of hydrogen-bond donors (Lipinski definition) is 0. The van der Waals surface area contributed by atoms with Gasteiger partial charge >= 0.3 is 0 Å². The highest BCUT2D eigenvalue weighted by Gasteiger charge is 2.09. The van der Waals surface area contributed by atoms with Crippen molar-refractivity contribution in [3.63, 3.8) is 0 Å². The molecule has 0 N–H and O–H groups in total. The van der Waals surface area contributed by atoms with Crippen molar-refractivity contribution in [2.75, 3.05) is 12.0 Å². The standard InChI is InChI=1S/C12H20N2S2/c1-5-16-8-12-11(7-15-4)13-6-10(14-12)9(2)3/h6,9H,5,7-8H2,1-4H3. The fourth-order valence-electron chi connectivity index (χ4n) is 1.32. The second kappa shape index (κ2) is 7.17. The maximum absolute atomic E-state index is 4.73. The number of nitrogens with zero attached hydrogens (tertiary/aromatic N) is 2. The maximum Gasteiger partial charge on any atom is 0.0729 e. The monoisotopic (exact) mass is 256 g/mol. The third-order valence-electron chi connectivity index (χ3n) is 2.27. The third kappa shape index (κ3) is 3.98. The Morgan fingerprint density at radius 2 is 2.00 bits per heavy atom. The van der Waals surface area contributed by atoms with Crippen molar-refractivity contribution in [2.45, 2.75) is 38.2 Å². The molecule has 0 unspecified atom stereocenters. The highest BCUT2D eigenvalue weighted by Crippen LogP contribution is 2.19. The van der Waals surface area contributed by atoms with Crippen LogP contribution in [-0.2, 0) is 11.5 Å². The van der Waals surface area contributed by atoms with Crippen LogP contribution in [0.4, 0.5) is 0 Å². The molecule has 0 saturated heterocycles. The lowest BCUT2D eigenvalue weighted by atomic mass is 10.1. The molecule has 0 aromatic carbocycles. The van der Waals surface area contributed by atoms with Crippen LogP contribution in [0.1, 0.15) is 43.8 Å². The van der Waals surface area contributed by atoms with Crippen LogP contribution in [0, 0.1) is 0 Å². The summed E-state index contributed by atoms with van der Waals surface area (Å²) in [5, 5.41) is 0. The summed E-state index contributed by atoms with van der Waals surface area (Å²) in [7, 11) is 0. The first kappa shape index (κ1) is 13.8. The second-order valence-electron chi connectivity index (χ2n) is 3.91. The van der Waals surface area contributed by atoms with Crippen LogP contribution in [-0.4, -0.2) is 22.0 Å². The fourth-order valence-corrected chi connectivity index (χ4v) is 2.46. The van der Waals surface area contributed by atoms with Gasteiger partial charge in [0.2, 0.25) is 0 Å². The van der Waals surface area contributed by atoms with Gasteiger partial charge in [0.25, 0.3) is 0 Å². The molecule has 0 atom stereocenters. The zero-order valence-electron chi connectivity index (χ0n) is 10.5. The van der Waals surface area contributed by atoms with E-state index in [9.17, 15) is 0 Å². The van der Waals surface area contributed by atoms with E-state index in [1.165, 1.54) is 5.69 Å². The molecule has 0 saturated carbocycles. The predicted octanol–water partition coefficient (Wildman–Crippen LogP) is 3.72. The van der Waals surface area contributed by atoms with E-state index < -0.39 is 0 Å². The molecule has 1 aromatic rings. The summed E-state index contributed by atoms with van der Waals surface area (Å²) >= 11 is 3.71. The van der Waals surface area contributed by atoms with E-state index in [1.54, 1.807) is 11.8 Å². The largest absolute Gasteiger partial charge is 0.257 e. The van der Waals surface area contributed by atoms with Crippen molar-refractivity contribution in [3.8, 4) is 0 Å². The first-order valence-corrected chi connectivity index (χ1v) is 8.15. The lowest BCUT2D eigenvalue weighted by Crippen LogP contribution is -2.04. The fraction of sp³-hybridized carbons (Fsp3) is 0.667. The van der Waals surface area contributed by atoms with E-state index in [0.29, 0.717) is 5.92 Å². The topological polar surface area (TPSA) is 25.8 Å². The molecule has 0 bridgehead atoms. The van der Waals surface area contributed by atoms with E-state index >= 15 is 0 Å². The van der Waals surface area contributed by atoms with Gasteiger partial charge in [0.15, 0.2) is 0 Å². The highest BCUT2D eigenvalue weighted by atomic mass is 32.2. The van der Waals surface area contributed by atoms with Gasteiger partial charge in [-0.15, -0.1) is 0 Å². The van der Waals surface area contributed by atoms with Gasteiger partial charge < -0.3 is 0 Å². The summed E-state index contributed by atoms with van der Waals surface area (Å²) in [4.78, 5) is 9.28. The molecule has 0 radical (unpaired) electrons. The SMILES string of the molecule is CCSCc1nc(C(C)C)cnc1CSC. The van der Waals surface area contributed by atoms with Crippen molar-refractivity contribution in [1.82, 2.24) is 9.97 Å². The number of thioether (sulfide) groups is 2. The average Bonchev–Trinajstić information content (AvgIpc) is 2.27. The van der Waals surface area contributed by atoms with Gasteiger partial charge in [-0.1, -0.05) is 20.8 Å².